The third kappa shape index (κ3) is 1.86. The quantitative estimate of drug-likeness (QED) is 0.778. The molecule has 16 heavy (non-hydrogen) atoms. The van der Waals surface area contributed by atoms with Crippen LogP contribution >= 0.6 is 0 Å². The topological polar surface area (TPSA) is 106 Å². The highest BCUT2D eigenvalue weighted by molar-refractivity contribution is 7.91. The lowest BCUT2D eigenvalue weighted by Gasteiger charge is -2.01. The molecule has 0 aliphatic heterocycles. The van der Waals surface area contributed by atoms with E-state index in [0.29, 0.717) is 5.52 Å². The molecule has 1 heterocycles. The normalized spacial score (nSPS) is 12.1. The highest BCUT2D eigenvalue weighted by Gasteiger charge is 2.14. The highest BCUT2D eigenvalue weighted by atomic mass is 32.2. The molecule has 0 amide bonds. The van der Waals surface area contributed by atoms with Crippen LogP contribution in [0.15, 0.2) is 32.3 Å². The van der Waals surface area contributed by atoms with Gasteiger partial charge in [0.25, 0.3) is 0 Å². The summed E-state index contributed by atoms with van der Waals surface area (Å²) in [5.74, 6) is -0.740. The summed E-state index contributed by atoms with van der Waals surface area (Å²) in [6.07, 6.45) is 0. The Hall–Kier alpha value is -1.60. The van der Waals surface area contributed by atoms with Gasteiger partial charge in [-0.15, -0.1) is 0 Å². The third-order valence-corrected chi connectivity index (χ3v) is 3.88. The standard InChI is InChI=1S/C9H10N2O4S/c10-3-4-16(13,14)6-1-2-7-8(5-6)15-9(12)11-7/h1-2,5H,3-4,10H2,(H,11,12). The largest absolute Gasteiger partial charge is 0.417 e. The van der Waals surface area contributed by atoms with Gasteiger partial charge in [-0.2, -0.15) is 0 Å². The summed E-state index contributed by atoms with van der Waals surface area (Å²) < 4.78 is 28.1. The highest BCUT2D eigenvalue weighted by Crippen LogP contribution is 2.17. The molecule has 6 nitrogen and oxygen atoms in total. The summed E-state index contributed by atoms with van der Waals surface area (Å²) in [7, 11) is -3.39. The fourth-order valence-corrected chi connectivity index (χ4v) is 2.50. The number of oxazole rings is 1. The number of nitrogens with two attached hydrogens (primary N) is 1. The smallest absolute Gasteiger partial charge is 0.408 e. The molecule has 0 unspecified atom stereocenters. The van der Waals surface area contributed by atoms with E-state index in [9.17, 15) is 13.2 Å². The van der Waals surface area contributed by atoms with Crippen molar-refractivity contribution in [3.8, 4) is 0 Å². The minimum atomic E-state index is -3.39. The SMILES string of the molecule is NCCS(=O)(=O)c1ccc2[nH]c(=O)oc2c1. The predicted octanol–water partition coefficient (Wildman–Crippen LogP) is -0.147. The van der Waals surface area contributed by atoms with Gasteiger partial charge in [0, 0.05) is 12.6 Å². The lowest BCUT2D eigenvalue weighted by molar-refractivity contribution is 0.554. The zero-order valence-electron chi connectivity index (χ0n) is 8.26. The molecular formula is C9H10N2O4S. The van der Waals surface area contributed by atoms with Crippen molar-refractivity contribution in [1.82, 2.24) is 4.98 Å². The van der Waals surface area contributed by atoms with Gasteiger partial charge in [-0.1, -0.05) is 0 Å². The Kier molecular flexibility index (Phi) is 2.56. The number of benzene rings is 1. The van der Waals surface area contributed by atoms with Crippen LogP contribution in [0.5, 0.6) is 0 Å². The molecule has 1 aromatic carbocycles. The van der Waals surface area contributed by atoms with Gasteiger partial charge in [-0.25, -0.2) is 13.2 Å². The van der Waals surface area contributed by atoms with Crippen LogP contribution in [0.1, 0.15) is 0 Å². The molecule has 0 spiro atoms. The zero-order chi connectivity index (χ0) is 11.8. The summed E-state index contributed by atoms with van der Waals surface area (Å²) in [4.78, 5) is 13.4. The molecule has 0 atom stereocenters. The molecule has 0 saturated heterocycles. The van der Waals surface area contributed by atoms with Crippen LogP contribution in [-0.4, -0.2) is 25.7 Å². The van der Waals surface area contributed by atoms with Crippen molar-refractivity contribution in [2.75, 3.05) is 12.3 Å². The first-order chi connectivity index (χ1) is 7.53. The van der Waals surface area contributed by atoms with Gasteiger partial charge < -0.3 is 10.2 Å². The Labute approximate surface area is 91.0 Å². The van der Waals surface area contributed by atoms with E-state index in [1.165, 1.54) is 18.2 Å². The van der Waals surface area contributed by atoms with E-state index in [4.69, 9.17) is 10.2 Å². The van der Waals surface area contributed by atoms with Gasteiger partial charge in [-0.05, 0) is 12.1 Å². The summed E-state index contributed by atoms with van der Waals surface area (Å²) in [5.41, 5.74) is 5.90. The minimum Gasteiger partial charge on any atom is -0.408 e. The lowest BCUT2D eigenvalue weighted by Crippen LogP contribution is -2.15. The van der Waals surface area contributed by atoms with Crippen LogP contribution in [0.3, 0.4) is 0 Å². The number of H-pyrrole nitrogens is 1. The van der Waals surface area contributed by atoms with E-state index in [0.717, 1.165) is 0 Å². The van der Waals surface area contributed by atoms with Crippen LogP contribution in [0, 0.1) is 0 Å². The third-order valence-electron chi connectivity index (χ3n) is 2.14. The van der Waals surface area contributed by atoms with Crippen molar-refractivity contribution < 1.29 is 12.8 Å². The summed E-state index contributed by atoms with van der Waals surface area (Å²) in [6, 6.07) is 4.22. The average molecular weight is 242 g/mol. The predicted molar refractivity (Wildman–Crippen MR) is 57.9 cm³/mol. The Morgan fingerprint density at radius 3 is 2.81 bits per heavy atom. The molecule has 2 aromatic rings. The second kappa shape index (κ2) is 3.76. The van der Waals surface area contributed by atoms with Crippen molar-refractivity contribution in [2.24, 2.45) is 5.73 Å². The first-order valence-corrected chi connectivity index (χ1v) is 6.24. The minimum absolute atomic E-state index is 0.0530. The van der Waals surface area contributed by atoms with E-state index in [1.54, 1.807) is 0 Å². The fourth-order valence-electron chi connectivity index (χ4n) is 1.39. The van der Waals surface area contributed by atoms with Crippen LogP contribution < -0.4 is 11.5 Å². The van der Waals surface area contributed by atoms with E-state index >= 15 is 0 Å². The number of rotatable bonds is 3. The van der Waals surface area contributed by atoms with E-state index < -0.39 is 15.6 Å². The Morgan fingerprint density at radius 1 is 1.38 bits per heavy atom. The number of nitrogens with one attached hydrogen (secondary N) is 1. The molecule has 1 aromatic heterocycles. The molecule has 86 valence electrons. The first-order valence-electron chi connectivity index (χ1n) is 4.58. The monoisotopic (exact) mass is 242 g/mol. The number of aromatic nitrogens is 1. The molecular weight excluding hydrogens is 232 g/mol. The number of aromatic amines is 1. The molecule has 0 aliphatic rings. The molecule has 7 heteroatoms. The summed E-state index contributed by atoms with van der Waals surface area (Å²) in [5, 5.41) is 0. The second-order valence-corrected chi connectivity index (χ2v) is 5.39. The maximum absolute atomic E-state index is 11.7. The Morgan fingerprint density at radius 2 is 2.12 bits per heavy atom. The maximum atomic E-state index is 11.7. The fraction of sp³-hybridized carbons (Fsp3) is 0.222. The number of sulfone groups is 1. The van der Waals surface area contributed by atoms with Crippen molar-refractivity contribution >= 4 is 20.9 Å². The van der Waals surface area contributed by atoms with Gasteiger partial charge in [0.1, 0.15) is 0 Å². The van der Waals surface area contributed by atoms with Crippen molar-refractivity contribution in [3.63, 3.8) is 0 Å². The van der Waals surface area contributed by atoms with E-state index in [1.807, 2.05) is 0 Å². The number of hydrogen-bond donors (Lipinski definition) is 2. The molecule has 0 radical (unpaired) electrons. The zero-order valence-corrected chi connectivity index (χ0v) is 9.08. The van der Waals surface area contributed by atoms with E-state index in [2.05, 4.69) is 4.98 Å². The molecule has 0 fully saturated rings. The van der Waals surface area contributed by atoms with Crippen LogP contribution in [-0.2, 0) is 9.84 Å². The molecule has 0 aliphatic carbocycles. The van der Waals surface area contributed by atoms with Gasteiger partial charge in [-0.3, -0.25) is 4.98 Å². The van der Waals surface area contributed by atoms with Crippen molar-refractivity contribution in [1.29, 1.82) is 0 Å². The molecule has 2 rings (SSSR count). The van der Waals surface area contributed by atoms with Gasteiger partial charge in [0.05, 0.1) is 16.2 Å². The van der Waals surface area contributed by atoms with Crippen molar-refractivity contribution in [3.05, 3.63) is 28.7 Å². The van der Waals surface area contributed by atoms with Gasteiger partial charge in [0.15, 0.2) is 15.4 Å². The summed E-state index contributed by atoms with van der Waals surface area (Å²) in [6.45, 7) is 0.0530. The molecule has 0 bridgehead atoms. The average Bonchev–Trinajstić information content (AvgIpc) is 2.56. The van der Waals surface area contributed by atoms with Gasteiger partial charge in [0.2, 0.25) is 0 Å². The Balaban J connectivity index is 2.59. The second-order valence-electron chi connectivity index (χ2n) is 3.28. The maximum Gasteiger partial charge on any atom is 0.417 e. The lowest BCUT2D eigenvalue weighted by atomic mass is 10.3. The summed E-state index contributed by atoms with van der Waals surface area (Å²) >= 11 is 0. The van der Waals surface area contributed by atoms with E-state index in [-0.39, 0.29) is 22.8 Å². The molecule has 0 saturated carbocycles. The first kappa shape index (κ1) is 10.9. The Bertz CT molecular complexity index is 668. The van der Waals surface area contributed by atoms with Crippen LogP contribution in [0.25, 0.3) is 11.1 Å². The van der Waals surface area contributed by atoms with Crippen molar-refractivity contribution in [2.45, 2.75) is 4.90 Å². The van der Waals surface area contributed by atoms with Gasteiger partial charge >= 0.3 is 5.76 Å². The van der Waals surface area contributed by atoms with Crippen LogP contribution in [0.2, 0.25) is 0 Å². The van der Waals surface area contributed by atoms with Crippen LogP contribution in [0.4, 0.5) is 0 Å². The molecule has 3 N–H and O–H groups in total. The number of fused-ring (bicyclic) bond motifs is 1. The number of hydrogen-bond acceptors (Lipinski definition) is 5.